The van der Waals surface area contributed by atoms with Crippen molar-refractivity contribution in [3.63, 3.8) is 0 Å². The molecule has 0 amide bonds. The number of carbonyl (C=O) groups excluding carboxylic acids is 1. The number of esters is 1. The average Bonchev–Trinajstić information content (AvgIpc) is 3.16. The maximum Gasteiger partial charge on any atom is 0.337 e. The van der Waals surface area contributed by atoms with Gasteiger partial charge in [-0.2, -0.15) is 0 Å². The van der Waals surface area contributed by atoms with Gasteiger partial charge in [-0.25, -0.2) is 14.6 Å². The molecule has 0 radical (unpaired) electrons. The third kappa shape index (κ3) is 4.50. The molecule has 0 aliphatic carbocycles. The molecule has 34 heavy (non-hydrogen) atoms. The van der Waals surface area contributed by atoms with Crippen LogP contribution in [0.15, 0.2) is 33.9 Å². The van der Waals surface area contributed by atoms with E-state index < -0.39 is 11.2 Å². The number of ether oxygens (including phenoxy) is 1. The van der Waals surface area contributed by atoms with E-state index in [4.69, 9.17) is 9.72 Å². The normalized spacial score (nSPS) is 16.8. The molecule has 182 valence electrons. The lowest BCUT2D eigenvalue weighted by Gasteiger charge is -2.40. The zero-order chi connectivity index (χ0) is 24.4. The van der Waals surface area contributed by atoms with Crippen molar-refractivity contribution in [2.24, 2.45) is 7.05 Å². The van der Waals surface area contributed by atoms with Crippen LogP contribution in [0, 0.1) is 0 Å². The lowest BCUT2D eigenvalue weighted by molar-refractivity contribution is 0.0600. The van der Waals surface area contributed by atoms with Crippen LogP contribution in [-0.2, 0) is 24.9 Å². The Morgan fingerprint density at radius 3 is 2.59 bits per heavy atom. The molecule has 1 fully saturated rings. The van der Waals surface area contributed by atoms with Gasteiger partial charge in [0.2, 0.25) is 0 Å². The number of rotatable bonds is 7. The van der Waals surface area contributed by atoms with Gasteiger partial charge in [0.25, 0.3) is 5.56 Å². The van der Waals surface area contributed by atoms with E-state index in [1.807, 2.05) is 19.2 Å². The van der Waals surface area contributed by atoms with Crippen LogP contribution in [0.3, 0.4) is 0 Å². The van der Waals surface area contributed by atoms with E-state index in [0.717, 1.165) is 44.0 Å². The fraction of sp³-hybridized carbons (Fsp3) is 0.500. The van der Waals surface area contributed by atoms with Crippen molar-refractivity contribution >= 4 is 22.8 Å². The Kier molecular flexibility index (Phi) is 6.87. The first-order valence-electron chi connectivity index (χ1n) is 11.7. The fourth-order valence-corrected chi connectivity index (χ4v) is 4.53. The monoisotopic (exact) mass is 468 g/mol. The van der Waals surface area contributed by atoms with Crippen molar-refractivity contribution in [1.82, 2.24) is 24.0 Å². The Morgan fingerprint density at radius 1 is 1.21 bits per heavy atom. The number of nitrogens with zero attached hydrogens (tertiary/aromatic N) is 5. The molecule has 3 heterocycles. The van der Waals surface area contributed by atoms with Gasteiger partial charge in [0, 0.05) is 45.0 Å². The first-order valence-corrected chi connectivity index (χ1v) is 11.7. The minimum absolute atomic E-state index is 0.245. The number of aromatic amines is 1. The van der Waals surface area contributed by atoms with Gasteiger partial charge in [-0.15, -0.1) is 0 Å². The zero-order valence-corrected chi connectivity index (χ0v) is 20.2. The smallest absolute Gasteiger partial charge is 0.337 e. The largest absolute Gasteiger partial charge is 0.465 e. The molecule has 3 aromatic rings. The van der Waals surface area contributed by atoms with Crippen molar-refractivity contribution in [3.8, 4) is 0 Å². The van der Waals surface area contributed by atoms with Crippen molar-refractivity contribution < 1.29 is 9.53 Å². The molecule has 1 saturated heterocycles. The maximum absolute atomic E-state index is 12.5. The number of aryl methyl sites for hydroxylation is 2. The van der Waals surface area contributed by atoms with E-state index in [0.29, 0.717) is 29.8 Å². The summed E-state index contributed by atoms with van der Waals surface area (Å²) < 4.78 is 8.15. The van der Waals surface area contributed by atoms with Crippen molar-refractivity contribution in [2.45, 2.75) is 45.8 Å². The van der Waals surface area contributed by atoms with Crippen LogP contribution in [0.4, 0.5) is 5.69 Å². The third-order valence-corrected chi connectivity index (χ3v) is 6.60. The summed E-state index contributed by atoms with van der Waals surface area (Å²) >= 11 is 0. The lowest BCUT2D eigenvalue weighted by Crippen LogP contribution is -2.51. The number of anilines is 1. The first-order chi connectivity index (χ1) is 16.3. The summed E-state index contributed by atoms with van der Waals surface area (Å²) in [6, 6.07) is 7.71. The number of imidazole rings is 1. The number of fused-ring (bicyclic) bond motifs is 1. The topological polar surface area (TPSA) is 105 Å². The van der Waals surface area contributed by atoms with E-state index in [1.165, 1.54) is 7.11 Å². The molecule has 1 aliphatic heterocycles. The molecular formula is C24H32N6O4. The summed E-state index contributed by atoms with van der Waals surface area (Å²) in [4.78, 5) is 48.4. The number of hydrogen-bond donors (Lipinski definition) is 1. The van der Waals surface area contributed by atoms with Crippen molar-refractivity contribution in [1.29, 1.82) is 0 Å². The SMILES string of the molecule is CCCCn1c(=O)[nH]c(=O)c2c1nc(CN1CCN(c3ccc(C(=O)OC)cc3)CC1C)n2C. The molecule has 4 rings (SSSR count). The molecule has 0 spiro atoms. The Balaban J connectivity index is 1.52. The molecule has 2 aromatic heterocycles. The van der Waals surface area contributed by atoms with Gasteiger partial charge < -0.3 is 14.2 Å². The van der Waals surface area contributed by atoms with E-state index in [-0.39, 0.29) is 12.0 Å². The third-order valence-electron chi connectivity index (χ3n) is 6.60. The quantitative estimate of drug-likeness (QED) is 0.527. The Labute approximate surface area is 197 Å². The van der Waals surface area contributed by atoms with Crippen molar-refractivity contribution in [3.05, 3.63) is 56.5 Å². The molecule has 10 nitrogen and oxygen atoms in total. The fourth-order valence-electron chi connectivity index (χ4n) is 4.53. The zero-order valence-electron chi connectivity index (χ0n) is 20.2. The molecule has 1 unspecified atom stereocenters. The lowest BCUT2D eigenvalue weighted by atomic mass is 10.1. The molecule has 1 aromatic carbocycles. The highest BCUT2D eigenvalue weighted by atomic mass is 16.5. The molecule has 0 bridgehead atoms. The highest BCUT2D eigenvalue weighted by Crippen LogP contribution is 2.22. The molecule has 1 N–H and O–H groups in total. The van der Waals surface area contributed by atoms with Gasteiger partial charge in [0.1, 0.15) is 5.82 Å². The van der Waals surface area contributed by atoms with Crippen LogP contribution in [0.2, 0.25) is 0 Å². The number of H-pyrrole nitrogens is 1. The molecule has 1 atom stereocenters. The Hall–Kier alpha value is -3.40. The molecule has 1 aliphatic rings. The van der Waals surface area contributed by atoms with E-state index >= 15 is 0 Å². The number of hydrogen-bond acceptors (Lipinski definition) is 7. The van der Waals surface area contributed by atoms with Gasteiger partial charge >= 0.3 is 11.7 Å². The van der Waals surface area contributed by atoms with Crippen LogP contribution >= 0.6 is 0 Å². The van der Waals surface area contributed by atoms with Crippen LogP contribution in [0.1, 0.15) is 42.9 Å². The second kappa shape index (κ2) is 9.84. The molecule has 10 heteroatoms. The van der Waals surface area contributed by atoms with Gasteiger partial charge in [-0.3, -0.25) is 19.2 Å². The van der Waals surface area contributed by atoms with Gasteiger partial charge in [0.15, 0.2) is 11.2 Å². The predicted octanol–water partition coefficient (Wildman–Crippen LogP) is 1.72. The second-order valence-corrected chi connectivity index (χ2v) is 8.83. The van der Waals surface area contributed by atoms with Crippen LogP contribution in [0.5, 0.6) is 0 Å². The number of methoxy groups -OCH3 is 1. The summed E-state index contributed by atoms with van der Waals surface area (Å²) in [6.07, 6.45) is 1.78. The van der Waals surface area contributed by atoms with Crippen LogP contribution < -0.4 is 16.1 Å². The number of nitrogens with one attached hydrogen (secondary N) is 1. The highest BCUT2D eigenvalue weighted by molar-refractivity contribution is 5.89. The predicted molar refractivity (Wildman–Crippen MR) is 130 cm³/mol. The van der Waals surface area contributed by atoms with Crippen LogP contribution in [-0.4, -0.2) is 62.8 Å². The summed E-state index contributed by atoms with van der Waals surface area (Å²) in [5, 5.41) is 0. The summed E-state index contributed by atoms with van der Waals surface area (Å²) in [5.41, 5.74) is 1.68. The average molecular weight is 469 g/mol. The summed E-state index contributed by atoms with van der Waals surface area (Å²) in [6.45, 7) is 7.82. The van der Waals surface area contributed by atoms with Gasteiger partial charge in [-0.1, -0.05) is 13.3 Å². The molecule has 0 saturated carbocycles. The number of unbranched alkanes of at least 4 members (excludes halogenated alkanes) is 1. The summed E-state index contributed by atoms with van der Waals surface area (Å²) in [5.74, 6) is 0.422. The number of carbonyl (C=O) groups is 1. The molecular weight excluding hydrogens is 436 g/mol. The Bertz CT molecular complexity index is 1290. The van der Waals surface area contributed by atoms with E-state index in [9.17, 15) is 14.4 Å². The summed E-state index contributed by atoms with van der Waals surface area (Å²) in [7, 11) is 3.21. The highest BCUT2D eigenvalue weighted by Gasteiger charge is 2.26. The number of piperazine rings is 1. The van der Waals surface area contributed by atoms with Crippen molar-refractivity contribution in [2.75, 3.05) is 31.6 Å². The Morgan fingerprint density at radius 2 is 1.94 bits per heavy atom. The minimum Gasteiger partial charge on any atom is -0.465 e. The van der Waals surface area contributed by atoms with Gasteiger partial charge in [-0.05, 0) is 37.6 Å². The minimum atomic E-state index is -0.407. The van der Waals surface area contributed by atoms with Crippen LogP contribution in [0.25, 0.3) is 11.2 Å². The van der Waals surface area contributed by atoms with E-state index in [2.05, 4.69) is 28.6 Å². The number of aromatic nitrogens is 4. The maximum atomic E-state index is 12.5. The van der Waals surface area contributed by atoms with Gasteiger partial charge in [0.05, 0.1) is 19.2 Å². The second-order valence-electron chi connectivity index (χ2n) is 8.83. The van der Waals surface area contributed by atoms with E-state index in [1.54, 1.807) is 21.3 Å². The first kappa shape index (κ1) is 23.7. The number of benzene rings is 1. The standard InChI is InChI=1S/C24H32N6O4/c1-5-6-11-30-21-20(22(31)26-24(30)33)27(3)19(25-21)15-28-12-13-29(14-16(28)2)18-9-7-17(8-10-18)23(32)34-4/h7-10,16H,5-6,11-15H2,1-4H3,(H,26,31,33).